The Balaban J connectivity index is 1.48. The summed E-state index contributed by atoms with van der Waals surface area (Å²) in [4.78, 5) is 53.5. The van der Waals surface area contributed by atoms with Gasteiger partial charge in [-0.25, -0.2) is 9.78 Å². The van der Waals surface area contributed by atoms with E-state index in [0.717, 1.165) is 0 Å². The van der Waals surface area contributed by atoms with Crippen molar-refractivity contribution in [3.05, 3.63) is 59.6 Å². The number of carbonyl (C=O) groups is 4. The van der Waals surface area contributed by atoms with Crippen LogP contribution >= 0.6 is 23.5 Å². The summed E-state index contributed by atoms with van der Waals surface area (Å²) in [5.41, 5.74) is 0.924. The summed E-state index contributed by atoms with van der Waals surface area (Å²) in [7, 11) is 0. The van der Waals surface area contributed by atoms with Crippen molar-refractivity contribution < 1.29 is 33.4 Å². The number of benzene rings is 1. The Morgan fingerprint density at radius 2 is 2.19 bits per heavy atom. The molecule has 1 aromatic heterocycles. The summed E-state index contributed by atoms with van der Waals surface area (Å²) < 4.78 is 10.1. The van der Waals surface area contributed by atoms with Gasteiger partial charge in [-0.3, -0.25) is 19.3 Å². The highest BCUT2D eigenvalue weighted by Gasteiger charge is 2.54. The van der Waals surface area contributed by atoms with Gasteiger partial charge in [0.15, 0.2) is 0 Å². The lowest BCUT2D eigenvalue weighted by Gasteiger charge is -2.49. The topological polar surface area (TPSA) is 139 Å². The zero-order valence-corrected chi connectivity index (χ0v) is 18.0. The van der Waals surface area contributed by atoms with Crippen LogP contribution in [0.15, 0.2) is 63.7 Å². The number of carboxylic acid groups (broad SMARTS) is 1. The number of ether oxygens (including phenoxy) is 1. The second-order valence-electron chi connectivity index (χ2n) is 6.76. The van der Waals surface area contributed by atoms with E-state index in [2.05, 4.69) is 10.3 Å². The Bertz CT molecular complexity index is 1060. The number of nitrogens with one attached hydrogen (secondary N) is 1. The fourth-order valence-electron chi connectivity index (χ4n) is 3.43. The Hall–Kier alpha value is -3.25. The summed E-state index contributed by atoms with van der Waals surface area (Å²) >= 11 is 2.58. The predicted molar refractivity (Wildman–Crippen MR) is 113 cm³/mol. The van der Waals surface area contributed by atoms with E-state index < -0.39 is 35.3 Å². The number of thioether (sulfide) groups is 2. The van der Waals surface area contributed by atoms with Crippen molar-refractivity contribution in [1.29, 1.82) is 0 Å². The first-order chi connectivity index (χ1) is 15.5. The molecule has 2 unspecified atom stereocenters. The SMILES string of the molecule is O=COC(C(=O)NC1C(=O)N2C(C(=O)O)=C(CSc3ncco3)CS[C@@H]12)c1ccccc1. The van der Waals surface area contributed by atoms with Crippen molar-refractivity contribution in [3.8, 4) is 0 Å². The number of amides is 2. The van der Waals surface area contributed by atoms with Crippen LogP contribution in [0.3, 0.4) is 0 Å². The third-order valence-corrected chi connectivity index (χ3v) is 7.14. The molecule has 2 aliphatic rings. The zero-order chi connectivity index (χ0) is 22.7. The molecule has 0 radical (unpaired) electrons. The molecule has 2 aliphatic heterocycles. The molecular weight excluding hydrogens is 458 g/mol. The summed E-state index contributed by atoms with van der Waals surface area (Å²) in [5, 5.41) is 12.2. The average molecular weight is 476 g/mol. The molecule has 2 N–H and O–H groups in total. The third kappa shape index (κ3) is 4.23. The molecule has 3 atom stereocenters. The number of fused-ring (bicyclic) bond motifs is 1. The van der Waals surface area contributed by atoms with Crippen molar-refractivity contribution in [1.82, 2.24) is 15.2 Å². The number of rotatable bonds is 9. The lowest BCUT2D eigenvalue weighted by molar-refractivity contribution is -0.154. The van der Waals surface area contributed by atoms with Gasteiger partial charge in [0, 0.05) is 17.1 Å². The Kier molecular flexibility index (Phi) is 6.51. The molecule has 166 valence electrons. The number of aromatic nitrogens is 1. The molecule has 2 aromatic rings. The number of aliphatic carboxylic acids is 1. The van der Waals surface area contributed by atoms with Crippen LogP contribution < -0.4 is 5.32 Å². The molecule has 2 amide bonds. The largest absolute Gasteiger partial charge is 0.477 e. The van der Waals surface area contributed by atoms with Crippen LogP contribution in [-0.2, 0) is 23.9 Å². The molecule has 4 rings (SSSR count). The normalized spacial score (nSPS) is 20.8. The Morgan fingerprint density at radius 3 is 2.84 bits per heavy atom. The summed E-state index contributed by atoms with van der Waals surface area (Å²) in [6.45, 7) is 0.171. The van der Waals surface area contributed by atoms with Crippen molar-refractivity contribution in [2.45, 2.75) is 22.7 Å². The molecule has 12 heteroatoms. The second-order valence-corrected chi connectivity index (χ2v) is 8.79. The van der Waals surface area contributed by atoms with E-state index in [4.69, 9.17) is 9.15 Å². The molecule has 0 spiro atoms. The van der Waals surface area contributed by atoms with Gasteiger partial charge in [-0.15, -0.1) is 11.8 Å². The first-order valence-electron chi connectivity index (χ1n) is 9.38. The number of hydrogen-bond donors (Lipinski definition) is 2. The minimum atomic E-state index is -1.22. The van der Waals surface area contributed by atoms with Gasteiger partial charge in [0.25, 0.3) is 23.5 Å². The molecule has 0 bridgehead atoms. The Labute approximate surface area is 190 Å². The van der Waals surface area contributed by atoms with E-state index in [-0.39, 0.29) is 12.2 Å². The lowest BCUT2D eigenvalue weighted by Crippen LogP contribution is -2.71. The monoisotopic (exact) mass is 475 g/mol. The number of nitrogens with zero attached hydrogens (tertiary/aromatic N) is 2. The van der Waals surface area contributed by atoms with Crippen LogP contribution in [-0.4, -0.2) is 62.2 Å². The standard InChI is InChI=1S/C20H17N3O7S2/c24-10-30-15(11-4-2-1-3-5-11)16(25)22-13-17(26)23-14(19(27)28)12(8-31-18(13)23)9-32-20-21-6-7-29-20/h1-7,10,13,15,18H,8-9H2,(H,22,25)(H,27,28)/t13?,15?,18-/m0/s1. The number of β-lactam (4-membered cyclic amide) rings is 1. The highest BCUT2D eigenvalue weighted by molar-refractivity contribution is 8.01. The highest BCUT2D eigenvalue weighted by Crippen LogP contribution is 2.41. The number of oxazole rings is 1. The summed E-state index contributed by atoms with van der Waals surface area (Å²) in [6, 6.07) is 7.46. The van der Waals surface area contributed by atoms with Gasteiger partial charge < -0.3 is 19.6 Å². The van der Waals surface area contributed by atoms with E-state index in [1.807, 2.05) is 0 Å². The van der Waals surface area contributed by atoms with E-state index in [9.17, 15) is 24.3 Å². The quantitative estimate of drug-likeness (QED) is 0.311. The van der Waals surface area contributed by atoms with Gasteiger partial charge in [0.05, 0.1) is 6.20 Å². The van der Waals surface area contributed by atoms with Crippen LogP contribution in [0.1, 0.15) is 11.7 Å². The average Bonchev–Trinajstić information content (AvgIpc) is 3.33. The van der Waals surface area contributed by atoms with Gasteiger partial charge in [-0.05, 0) is 5.57 Å². The predicted octanol–water partition coefficient (Wildman–Crippen LogP) is 1.42. The minimum absolute atomic E-state index is 0.0907. The zero-order valence-electron chi connectivity index (χ0n) is 16.4. The van der Waals surface area contributed by atoms with E-state index >= 15 is 0 Å². The molecule has 1 fully saturated rings. The van der Waals surface area contributed by atoms with Crippen LogP contribution in [0.2, 0.25) is 0 Å². The van der Waals surface area contributed by atoms with Crippen molar-refractivity contribution in [3.63, 3.8) is 0 Å². The van der Waals surface area contributed by atoms with Gasteiger partial charge >= 0.3 is 5.97 Å². The van der Waals surface area contributed by atoms with Gasteiger partial charge in [0.1, 0.15) is 23.4 Å². The maximum Gasteiger partial charge on any atom is 0.352 e. The minimum Gasteiger partial charge on any atom is -0.477 e. The first-order valence-corrected chi connectivity index (χ1v) is 11.4. The highest BCUT2D eigenvalue weighted by atomic mass is 32.2. The number of carboxylic acids is 1. The maximum absolute atomic E-state index is 12.8. The Morgan fingerprint density at radius 1 is 1.41 bits per heavy atom. The van der Waals surface area contributed by atoms with Crippen LogP contribution in [0.25, 0.3) is 0 Å². The molecule has 1 saturated heterocycles. The fourth-order valence-corrected chi connectivity index (χ4v) is 5.70. The van der Waals surface area contributed by atoms with E-state index in [1.165, 1.54) is 40.9 Å². The molecule has 3 heterocycles. The van der Waals surface area contributed by atoms with E-state index in [1.54, 1.807) is 30.3 Å². The maximum atomic E-state index is 12.8. The van der Waals surface area contributed by atoms with Crippen molar-refractivity contribution >= 4 is 47.8 Å². The summed E-state index contributed by atoms with van der Waals surface area (Å²) in [5.74, 6) is -1.75. The molecule has 1 aromatic carbocycles. The van der Waals surface area contributed by atoms with E-state index in [0.29, 0.717) is 27.9 Å². The van der Waals surface area contributed by atoms with Gasteiger partial charge in [-0.1, -0.05) is 42.1 Å². The van der Waals surface area contributed by atoms with Crippen LogP contribution in [0.5, 0.6) is 0 Å². The van der Waals surface area contributed by atoms with Gasteiger partial charge in [-0.2, -0.15) is 0 Å². The number of hydrogen-bond acceptors (Lipinski definition) is 9. The van der Waals surface area contributed by atoms with Crippen LogP contribution in [0, 0.1) is 0 Å². The molecule has 32 heavy (non-hydrogen) atoms. The van der Waals surface area contributed by atoms with Gasteiger partial charge in [0.2, 0.25) is 6.10 Å². The molecule has 0 aliphatic carbocycles. The lowest BCUT2D eigenvalue weighted by atomic mass is 10.0. The third-order valence-electron chi connectivity index (χ3n) is 4.86. The summed E-state index contributed by atoms with van der Waals surface area (Å²) in [6.07, 6.45) is 1.69. The van der Waals surface area contributed by atoms with Crippen molar-refractivity contribution in [2.75, 3.05) is 11.5 Å². The smallest absolute Gasteiger partial charge is 0.352 e. The van der Waals surface area contributed by atoms with Crippen LogP contribution in [0.4, 0.5) is 0 Å². The number of carbonyl (C=O) groups excluding carboxylic acids is 3. The van der Waals surface area contributed by atoms with Crippen molar-refractivity contribution in [2.24, 2.45) is 0 Å². The molecule has 0 saturated carbocycles. The fraction of sp³-hybridized carbons (Fsp3) is 0.250. The first kappa shape index (κ1) is 22.0. The molecular formula is C20H17N3O7S2. The second kappa shape index (κ2) is 9.49. The molecule has 10 nitrogen and oxygen atoms in total.